The highest BCUT2D eigenvalue weighted by Crippen LogP contribution is 2.38. The Labute approximate surface area is 238 Å². The predicted octanol–water partition coefficient (Wildman–Crippen LogP) is 5.79. The molecule has 0 aliphatic carbocycles. The minimum Gasteiger partial charge on any atom is -0.482 e. The lowest BCUT2D eigenvalue weighted by Gasteiger charge is -2.14. The van der Waals surface area contributed by atoms with Crippen LogP contribution in [0.5, 0.6) is 23.0 Å². The van der Waals surface area contributed by atoms with Gasteiger partial charge >= 0.3 is 23.7 Å². The fourth-order valence-corrected chi connectivity index (χ4v) is 4.09. The van der Waals surface area contributed by atoms with Gasteiger partial charge in [0, 0.05) is 23.6 Å². The normalized spacial score (nSPS) is 11.4. The first-order chi connectivity index (χ1) is 20.4. The van der Waals surface area contributed by atoms with E-state index in [1.54, 1.807) is 19.1 Å². The van der Waals surface area contributed by atoms with Crippen LogP contribution < -0.4 is 25.3 Å². The number of methoxy groups -OCH3 is 1. The maximum atomic E-state index is 13.9. The molecule has 0 atom stereocenters. The Hall–Kier alpha value is -5.59. The highest BCUT2D eigenvalue weighted by molar-refractivity contribution is 5.89. The zero-order chi connectivity index (χ0) is 30.9. The van der Waals surface area contributed by atoms with Gasteiger partial charge in [0.25, 0.3) is 5.76 Å². The molecule has 43 heavy (non-hydrogen) atoms. The summed E-state index contributed by atoms with van der Waals surface area (Å²) >= 11 is 0. The van der Waals surface area contributed by atoms with E-state index < -0.39 is 52.9 Å². The molecule has 220 valence electrons. The van der Waals surface area contributed by atoms with Gasteiger partial charge in [-0.05, 0) is 61.0 Å². The van der Waals surface area contributed by atoms with Crippen LogP contribution in [0.3, 0.4) is 0 Å². The summed E-state index contributed by atoms with van der Waals surface area (Å²) in [6.07, 6.45) is -5.13. The summed E-state index contributed by atoms with van der Waals surface area (Å²) in [7, 11) is 1.17. The molecule has 2 heterocycles. The Morgan fingerprint density at radius 2 is 1.44 bits per heavy atom. The SMILES string of the molecule is COC(=O)c1ccc(Oc2c(C(F)(F)F)oc3cc(OC(=O)COc4ccc5c(C)cc(=O)oc5c4)ccc3c2=O)cc1. The van der Waals surface area contributed by atoms with Gasteiger partial charge in [0.05, 0.1) is 18.1 Å². The van der Waals surface area contributed by atoms with Gasteiger partial charge in [-0.3, -0.25) is 4.79 Å². The number of alkyl halides is 3. The largest absolute Gasteiger partial charge is 0.482 e. The average molecular weight is 596 g/mol. The van der Waals surface area contributed by atoms with E-state index in [1.807, 2.05) is 0 Å². The smallest absolute Gasteiger partial charge is 0.453 e. The second kappa shape index (κ2) is 11.4. The molecule has 0 amide bonds. The minimum absolute atomic E-state index is 0.115. The molecule has 2 aromatic heterocycles. The van der Waals surface area contributed by atoms with Crippen LogP contribution in [0.2, 0.25) is 0 Å². The fourth-order valence-electron chi connectivity index (χ4n) is 4.09. The fraction of sp³-hybridized carbons (Fsp3) is 0.133. The van der Waals surface area contributed by atoms with Gasteiger partial charge in [-0.1, -0.05) is 0 Å². The molecule has 5 rings (SSSR count). The van der Waals surface area contributed by atoms with Crippen molar-refractivity contribution in [1.82, 2.24) is 0 Å². The van der Waals surface area contributed by atoms with Crippen LogP contribution in [-0.2, 0) is 15.7 Å². The molecule has 0 spiro atoms. The van der Waals surface area contributed by atoms with Gasteiger partial charge in [0.1, 0.15) is 28.4 Å². The Bertz CT molecular complexity index is 1990. The number of ether oxygens (including phenoxy) is 4. The predicted molar refractivity (Wildman–Crippen MR) is 144 cm³/mol. The monoisotopic (exact) mass is 596 g/mol. The number of carbonyl (C=O) groups is 2. The van der Waals surface area contributed by atoms with Crippen molar-refractivity contribution in [3.63, 3.8) is 0 Å². The van der Waals surface area contributed by atoms with Crippen LogP contribution in [0.25, 0.3) is 21.9 Å². The summed E-state index contributed by atoms with van der Waals surface area (Å²) in [4.78, 5) is 48.6. The molecule has 0 saturated carbocycles. The van der Waals surface area contributed by atoms with Crippen molar-refractivity contribution in [2.24, 2.45) is 0 Å². The molecule has 0 aliphatic heterocycles. The van der Waals surface area contributed by atoms with Crippen LogP contribution in [0, 0.1) is 6.92 Å². The molecule has 5 aromatic rings. The Kier molecular flexibility index (Phi) is 7.64. The Morgan fingerprint density at radius 1 is 0.814 bits per heavy atom. The Morgan fingerprint density at radius 3 is 2.14 bits per heavy atom. The molecular formula is C30H19F3O10. The second-order valence-electron chi connectivity index (χ2n) is 9.03. The Balaban J connectivity index is 1.36. The van der Waals surface area contributed by atoms with Crippen molar-refractivity contribution >= 4 is 33.9 Å². The molecule has 10 nitrogen and oxygen atoms in total. The molecule has 13 heteroatoms. The number of benzene rings is 3. The van der Waals surface area contributed by atoms with Crippen molar-refractivity contribution in [2.45, 2.75) is 13.1 Å². The van der Waals surface area contributed by atoms with E-state index >= 15 is 0 Å². The number of rotatable bonds is 7. The van der Waals surface area contributed by atoms with E-state index in [4.69, 9.17) is 23.0 Å². The van der Waals surface area contributed by atoms with E-state index in [9.17, 15) is 32.3 Å². The van der Waals surface area contributed by atoms with Crippen molar-refractivity contribution in [1.29, 1.82) is 0 Å². The number of hydrogen-bond donors (Lipinski definition) is 0. The highest BCUT2D eigenvalue weighted by atomic mass is 19.4. The van der Waals surface area contributed by atoms with Crippen LogP contribution in [0.1, 0.15) is 21.7 Å². The molecule has 0 bridgehead atoms. The van der Waals surface area contributed by atoms with Crippen molar-refractivity contribution in [3.05, 3.63) is 104 Å². The summed E-state index contributed by atoms with van der Waals surface area (Å²) in [5, 5.41) is 0.397. The molecule has 0 N–H and O–H groups in total. The highest BCUT2D eigenvalue weighted by Gasteiger charge is 2.40. The number of carbonyl (C=O) groups excluding carboxylic acids is 2. The molecule has 0 radical (unpaired) electrons. The third-order valence-corrected chi connectivity index (χ3v) is 6.09. The van der Waals surface area contributed by atoms with E-state index in [0.29, 0.717) is 10.9 Å². The average Bonchev–Trinajstić information content (AvgIpc) is 2.96. The van der Waals surface area contributed by atoms with Crippen LogP contribution >= 0.6 is 0 Å². The van der Waals surface area contributed by atoms with Gasteiger partial charge in [0.15, 0.2) is 6.61 Å². The van der Waals surface area contributed by atoms with Crippen molar-refractivity contribution < 1.29 is 50.5 Å². The standard InChI is InChI=1S/C30H19F3O10/c1-15-11-24(34)42-22-12-18(7-9-20(15)22)39-14-25(35)40-19-8-10-21-23(13-19)43-28(30(31,32)33)27(26(21)36)41-17-5-3-16(4-6-17)29(37)38-2/h3-13H,14H2,1-2H3. The van der Waals surface area contributed by atoms with Crippen molar-refractivity contribution in [3.8, 4) is 23.0 Å². The second-order valence-corrected chi connectivity index (χ2v) is 9.03. The van der Waals surface area contributed by atoms with Gasteiger partial charge in [-0.25, -0.2) is 14.4 Å². The summed E-state index contributed by atoms with van der Waals surface area (Å²) in [5.41, 5.74) is -1.14. The van der Waals surface area contributed by atoms with E-state index in [1.165, 1.54) is 49.6 Å². The number of fused-ring (bicyclic) bond motifs is 2. The van der Waals surface area contributed by atoms with Gasteiger partial charge < -0.3 is 27.8 Å². The van der Waals surface area contributed by atoms with Crippen LogP contribution in [0.4, 0.5) is 13.2 Å². The molecule has 0 fully saturated rings. The van der Waals surface area contributed by atoms with Crippen LogP contribution in [-0.4, -0.2) is 25.7 Å². The summed E-state index contributed by atoms with van der Waals surface area (Å²) < 4.78 is 72.2. The maximum Gasteiger partial charge on any atom is 0.453 e. The third kappa shape index (κ3) is 6.20. The zero-order valence-electron chi connectivity index (χ0n) is 22.3. The zero-order valence-corrected chi connectivity index (χ0v) is 22.3. The van der Waals surface area contributed by atoms with Gasteiger partial charge in [0.2, 0.25) is 11.2 Å². The van der Waals surface area contributed by atoms with E-state index in [0.717, 1.165) is 12.1 Å². The lowest BCUT2D eigenvalue weighted by molar-refractivity contribution is -0.154. The lowest BCUT2D eigenvalue weighted by atomic mass is 10.1. The minimum atomic E-state index is -5.13. The summed E-state index contributed by atoms with van der Waals surface area (Å²) in [6.45, 7) is 1.14. The molecular weight excluding hydrogens is 577 g/mol. The third-order valence-electron chi connectivity index (χ3n) is 6.09. The molecule has 0 unspecified atom stereocenters. The topological polar surface area (TPSA) is 131 Å². The first-order valence-corrected chi connectivity index (χ1v) is 12.3. The lowest BCUT2D eigenvalue weighted by Crippen LogP contribution is -2.18. The quantitative estimate of drug-likeness (QED) is 0.129. The molecule has 0 saturated heterocycles. The number of hydrogen-bond acceptors (Lipinski definition) is 10. The summed E-state index contributed by atoms with van der Waals surface area (Å²) in [6, 6.07) is 14.1. The van der Waals surface area contributed by atoms with E-state index in [-0.39, 0.29) is 33.8 Å². The van der Waals surface area contributed by atoms with Crippen molar-refractivity contribution in [2.75, 3.05) is 13.7 Å². The number of esters is 2. The van der Waals surface area contributed by atoms with E-state index in [2.05, 4.69) is 4.74 Å². The van der Waals surface area contributed by atoms with Gasteiger partial charge in [-0.15, -0.1) is 0 Å². The molecule has 0 aliphatic rings. The molecule has 3 aromatic carbocycles. The van der Waals surface area contributed by atoms with Gasteiger partial charge in [-0.2, -0.15) is 13.2 Å². The number of halogens is 3. The summed E-state index contributed by atoms with van der Waals surface area (Å²) in [5.74, 6) is -4.61. The first kappa shape index (κ1) is 28.9. The van der Waals surface area contributed by atoms with Crippen LogP contribution in [0.15, 0.2) is 85.2 Å². The number of aryl methyl sites for hydroxylation is 1. The maximum absolute atomic E-state index is 13.9. The first-order valence-electron chi connectivity index (χ1n) is 12.3.